The third-order valence-electron chi connectivity index (χ3n) is 7.98. The Kier molecular flexibility index (Phi) is 17.0. The smallest absolute Gasteiger partial charge is 0.614 e. The van der Waals surface area contributed by atoms with Crippen LogP contribution in [0.3, 0.4) is 0 Å². The van der Waals surface area contributed by atoms with Crippen LogP contribution < -0.4 is 36.9 Å². The number of carbonyl (C=O) groups is 1. The molecule has 0 aliphatic heterocycles. The van der Waals surface area contributed by atoms with Crippen molar-refractivity contribution in [3.8, 4) is 0 Å². The fourth-order valence-electron chi connectivity index (χ4n) is 5.74. The zero-order valence-electron chi connectivity index (χ0n) is 29.0. The second-order valence-corrected chi connectivity index (χ2v) is 17.5. The van der Waals surface area contributed by atoms with Crippen molar-refractivity contribution >= 4 is 52.3 Å². The summed E-state index contributed by atoms with van der Waals surface area (Å²) >= 11 is 0. The predicted molar refractivity (Wildman–Crippen MR) is 212 cm³/mol. The molecular weight excluding hydrogens is 800 g/mol. The minimum absolute atomic E-state index is 0. The maximum atomic E-state index is 12.3. The molecule has 6 aromatic carbocycles. The van der Waals surface area contributed by atoms with Crippen molar-refractivity contribution in [1.82, 2.24) is 0 Å². The van der Waals surface area contributed by atoms with Crippen LogP contribution >= 0.6 is 14.5 Å². The van der Waals surface area contributed by atoms with E-state index in [0.29, 0.717) is 0 Å². The van der Waals surface area contributed by atoms with Gasteiger partial charge in [-0.15, -0.1) is 6.16 Å². The average molecular weight is 839 g/mol. The predicted octanol–water partition coefficient (Wildman–Crippen LogP) is 5.86. The summed E-state index contributed by atoms with van der Waals surface area (Å²) in [6.45, 7) is 0. The molecule has 274 valence electrons. The number of carbonyl (C=O) groups excluding carboxylic acids is 1. The van der Waals surface area contributed by atoms with Crippen molar-refractivity contribution < 1.29 is 46.8 Å². The molecule has 0 saturated carbocycles. The zero-order chi connectivity index (χ0) is 37.2. The van der Waals surface area contributed by atoms with Gasteiger partial charge in [-0.2, -0.15) is 0 Å². The summed E-state index contributed by atoms with van der Waals surface area (Å²) < 4.78 is 10.0. The molecule has 0 unspecified atom stereocenters. The fraction of sp³-hybridized carbons (Fsp3) is 0.0476. The third-order valence-corrected chi connectivity index (χ3v) is 15.9. The first-order valence-electron chi connectivity index (χ1n) is 16.1. The number of esters is 1. The van der Waals surface area contributed by atoms with E-state index in [9.17, 15) is 9.90 Å². The molecule has 0 saturated heterocycles. The van der Waals surface area contributed by atoms with Gasteiger partial charge in [-0.3, -0.25) is 4.79 Å². The molecule has 0 aromatic heterocycles. The quantitative estimate of drug-likeness (QED) is 0.0322. The van der Waals surface area contributed by atoms with Gasteiger partial charge in [-0.1, -0.05) is 109 Å². The first-order valence-corrected chi connectivity index (χ1v) is 19.8. The molecule has 6 rings (SSSR count). The summed E-state index contributed by atoms with van der Waals surface area (Å²) in [6, 6.07) is 61.2. The maximum absolute atomic E-state index is 12.3. The zero-order valence-corrected chi connectivity index (χ0v) is 32.2. The number of nitrogens with zero attached hydrogens (tertiary/aromatic N) is 1. The molecule has 0 bridgehead atoms. The van der Waals surface area contributed by atoms with Crippen LogP contribution in [0.2, 0.25) is 0 Å². The molecule has 53 heavy (non-hydrogen) atoms. The van der Waals surface area contributed by atoms with E-state index in [-0.39, 0.29) is 34.3 Å². The number of hydrogen-bond acceptors (Lipinski definition) is 7. The summed E-state index contributed by atoms with van der Waals surface area (Å²) in [5, 5.41) is 33.8. The normalized spacial score (nSPS) is 10.8. The van der Waals surface area contributed by atoms with E-state index in [1.54, 1.807) is 12.0 Å². The van der Waals surface area contributed by atoms with Crippen LogP contribution in [0.1, 0.15) is 0 Å². The third kappa shape index (κ3) is 10.9. The van der Waals surface area contributed by atoms with Gasteiger partial charge in [0.1, 0.15) is 23.2 Å². The van der Waals surface area contributed by atoms with Gasteiger partial charge in [-0.25, -0.2) is 0 Å². The summed E-state index contributed by atoms with van der Waals surface area (Å²) in [7, 11) is -1.60. The van der Waals surface area contributed by atoms with Gasteiger partial charge < -0.3 is 29.9 Å². The molecule has 11 heteroatoms. The Morgan fingerprint density at radius 2 is 0.774 bits per heavy atom. The molecule has 0 spiro atoms. The molecule has 0 fully saturated rings. The van der Waals surface area contributed by atoms with Gasteiger partial charge in [0.05, 0.1) is 39.9 Å². The Hall–Kier alpha value is -5.20. The Morgan fingerprint density at radius 3 is 1.00 bits per heavy atom. The van der Waals surface area contributed by atoms with E-state index in [1.807, 2.05) is 109 Å². The summed E-state index contributed by atoms with van der Waals surface area (Å²) in [6.07, 6.45) is 1.77. The van der Waals surface area contributed by atoms with Crippen molar-refractivity contribution in [2.24, 2.45) is 0 Å². The molecule has 6 aromatic rings. The van der Waals surface area contributed by atoms with Crippen molar-refractivity contribution in [3.05, 3.63) is 215 Å². The first kappa shape index (κ1) is 42.2. The van der Waals surface area contributed by atoms with Crippen molar-refractivity contribution in [1.29, 1.82) is 0 Å². The van der Waals surface area contributed by atoms with Crippen LogP contribution in [0.5, 0.6) is 0 Å². The van der Waals surface area contributed by atoms with Gasteiger partial charge in [-0.05, 0) is 79.9 Å². The standard InChI is InChI=1S/2C21H19O2P.Ag.NO3/c2*1-23-21(22)17-24(18-11-5-2-6-12-18,19-13-7-3-8-14-19)20-15-9-4-10-16-20;;2-1(3)4/h2*2-17H,1H3;;/q;;+1;-1/b21-17+;;;. The number of methoxy groups -OCH3 is 2. The maximum Gasteiger partial charge on any atom is 1.00 e. The topological polar surface area (TPSA) is 125 Å². The van der Waals surface area contributed by atoms with Crippen LogP contribution in [-0.4, -0.2) is 25.3 Å². The van der Waals surface area contributed by atoms with E-state index < -0.39 is 19.6 Å². The van der Waals surface area contributed by atoms with E-state index in [1.165, 1.54) is 14.2 Å². The molecule has 0 atom stereocenters. The Labute approximate surface area is 327 Å². The minimum atomic E-state index is -2.23. The van der Waals surface area contributed by atoms with Gasteiger partial charge in [0.15, 0.2) is 0 Å². The molecule has 0 aliphatic carbocycles. The van der Waals surface area contributed by atoms with Crippen molar-refractivity contribution in [3.63, 3.8) is 0 Å². The SMILES string of the molecule is CO/C([O-])=C/[P+](c1ccccc1)(c1ccccc1)c1ccccc1.COC(=O)[CH-][P+](c1ccccc1)(c1ccccc1)c1ccccc1.O=[N+]([O-])[O-].[Ag+]. The largest absolute Gasteiger partial charge is 1.00 e. The second-order valence-electron chi connectivity index (χ2n) is 11.0. The molecule has 0 N–H and O–H groups in total. The Morgan fingerprint density at radius 1 is 0.528 bits per heavy atom. The van der Waals surface area contributed by atoms with Crippen LogP contribution in [0.4, 0.5) is 0 Å². The van der Waals surface area contributed by atoms with Crippen LogP contribution in [-0.2, 0) is 36.6 Å². The summed E-state index contributed by atoms with van der Waals surface area (Å²) in [4.78, 5) is 20.5. The van der Waals surface area contributed by atoms with Crippen LogP contribution in [0.25, 0.3) is 0 Å². The number of rotatable bonds is 10. The molecule has 0 amide bonds. The Balaban J connectivity index is 0.000000255. The van der Waals surface area contributed by atoms with E-state index >= 15 is 0 Å². The monoisotopic (exact) mass is 837 g/mol. The van der Waals surface area contributed by atoms with E-state index in [4.69, 9.17) is 24.8 Å². The number of benzene rings is 6. The van der Waals surface area contributed by atoms with Gasteiger partial charge in [0.25, 0.3) is 0 Å². The molecule has 0 aliphatic rings. The van der Waals surface area contributed by atoms with Gasteiger partial charge in [0, 0.05) is 7.26 Å². The van der Waals surface area contributed by atoms with E-state index in [2.05, 4.69) is 72.8 Å². The fourth-order valence-corrected chi connectivity index (χ4v) is 13.1. The Bertz CT molecular complexity index is 1790. The van der Waals surface area contributed by atoms with Crippen LogP contribution in [0.15, 0.2) is 194 Å². The molecule has 0 heterocycles. The second kappa shape index (κ2) is 21.4. The molecular formula is C42H38AgNO7P2. The number of ether oxygens (including phenoxy) is 2. The first-order chi connectivity index (χ1) is 25.3. The molecule has 0 radical (unpaired) electrons. The molecule has 8 nitrogen and oxygen atoms in total. The summed E-state index contributed by atoms with van der Waals surface area (Å²) in [5.41, 5.74) is 0. The van der Waals surface area contributed by atoms with Gasteiger partial charge >= 0.3 is 22.4 Å². The van der Waals surface area contributed by atoms with Gasteiger partial charge in [0.2, 0.25) is 5.97 Å². The summed E-state index contributed by atoms with van der Waals surface area (Å²) in [5.74, 6) is 1.16. The van der Waals surface area contributed by atoms with Crippen molar-refractivity contribution in [2.45, 2.75) is 0 Å². The van der Waals surface area contributed by atoms with Crippen LogP contribution in [0, 0.1) is 21.5 Å². The minimum Gasteiger partial charge on any atom is -0.614 e. The van der Waals surface area contributed by atoms with Crippen molar-refractivity contribution in [2.75, 3.05) is 14.2 Å². The number of hydrogen-bond donors (Lipinski definition) is 0. The van der Waals surface area contributed by atoms with E-state index in [0.717, 1.165) is 31.8 Å². The average Bonchev–Trinajstić information content (AvgIpc) is 3.21.